The van der Waals surface area contributed by atoms with Crippen molar-refractivity contribution >= 4 is 39.2 Å². The minimum absolute atomic E-state index is 0.0189. The number of primary sulfonamides is 1. The van der Waals surface area contributed by atoms with Gasteiger partial charge in [-0.15, -0.1) is 5.10 Å². The molecule has 0 aliphatic heterocycles. The Kier molecular flexibility index (Phi) is 4.57. The van der Waals surface area contributed by atoms with Crippen molar-refractivity contribution in [3.05, 3.63) is 52.8 Å². The summed E-state index contributed by atoms with van der Waals surface area (Å²) in [6, 6.07) is 8.41. The Hall–Kier alpha value is -2.69. The van der Waals surface area contributed by atoms with Gasteiger partial charge in [0.15, 0.2) is 0 Å². The molecule has 136 valence electrons. The molecule has 0 saturated carbocycles. The second-order valence-electron chi connectivity index (χ2n) is 5.41. The zero-order valence-electron chi connectivity index (χ0n) is 13.4. The van der Waals surface area contributed by atoms with Crippen LogP contribution in [-0.2, 0) is 10.0 Å². The van der Waals surface area contributed by atoms with Gasteiger partial charge in [-0.25, -0.2) is 17.9 Å². The normalized spacial score (nSPS) is 11.5. The van der Waals surface area contributed by atoms with Crippen molar-refractivity contribution < 1.29 is 12.8 Å². The van der Waals surface area contributed by atoms with Gasteiger partial charge in [-0.05, 0) is 43.3 Å². The third-order valence-electron chi connectivity index (χ3n) is 3.60. The van der Waals surface area contributed by atoms with Crippen LogP contribution in [0.1, 0.15) is 5.56 Å². The lowest BCUT2D eigenvalue weighted by Crippen LogP contribution is -2.11. The van der Waals surface area contributed by atoms with Crippen LogP contribution in [0.5, 0.6) is 0 Å². The van der Waals surface area contributed by atoms with Crippen molar-refractivity contribution in [1.29, 1.82) is 0 Å². The van der Waals surface area contributed by atoms with Crippen LogP contribution in [0.4, 0.5) is 22.0 Å². The molecule has 0 saturated heterocycles. The van der Waals surface area contributed by atoms with Crippen LogP contribution in [-0.4, -0.2) is 23.2 Å². The molecule has 0 bridgehead atoms. The van der Waals surface area contributed by atoms with Crippen LogP contribution in [0, 0.1) is 12.7 Å². The van der Waals surface area contributed by atoms with Gasteiger partial charge in [0, 0.05) is 11.3 Å². The molecule has 0 spiro atoms. The Morgan fingerprint density at radius 3 is 2.46 bits per heavy atom. The van der Waals surface area contributed by atoms with E-state index in [1.807, 2.05) is 0 Å². The van der Waals surface area contributed by atoms with Gasteiger partial charge in [-0.2, -0.15) is 9.67 Å². The Bertz CT molecular complexity index is 1080. The Morgan fingerprint density at radius 1 is 1.19 bits per heavy atom. The molecule has 5 N–H and O–H groups in total. The van der Waals surface area contributed by atoms with Gasteiger partial charge >= 0.3 is 0 Å². The molecular weight excluding hydrogens is 383 g/mol. The zero-order chi connectivity index (χ0) is 19.1. The van der Waals surface area contributed by atoms with E-state index in [0.29, 0.717) is 11.4 Å². The van der Waals surface area contributed by atoms with Crippen LogP contribution < -0.4 is 16.2 Å². The van der Waals surface area contributed by atoms with Gasteiger partial charge in [0.1, 0.15) is 5.82 Å². The maximum Gasteiger partial charge on any atom is 0.248 e. The number of nitrogens with zero attached hydrogens (tertiary/aromatic N) is 3. The lowest BCUT2D eigenvalue weighted by atomic mass is 10.2. The molecule has 26 heavy (non-hydrogen) atoms. The van der Waals surface area contributed by atoms with E-state index in [0.717, 1.165) is 0 Å². The van der Waals surface area contributed by atoms with Crippen LogP contribution in [0.15, 0.2) is 41.3 Å². The Balaban J connectivity index is 1.91. The van der Waals surface area contributed by atoms with E-state index in [9.17, 15) is 12.8 Å². The smallest absolute Gasteiger partial charge is 0.248 e. The summed E-state index contributed by atoms with van der Waals surface area (Å²) in [4.78, 5) is 4.05. The van der Waals surface area contributed by atoms with Gasteiger partial charge < -0.3 is 11.1 Å². The summed E-state index contributed by atoms with van der Waals surface area (Å²) in [7, 11) is -3.77. The van der Waals surface area contributed by atoms with Gasteiger partial charge in [0.05, 0.1) is 15.6 Å². The summed E-state index contributed by atoms with van der Waals surface area (Å²) in [6.45, 7) is 1.54. The third-order valence-corrected chi connectivity index (χ3v) is 5.01. The fraction of sp³-hybridized carbons (Fsp3) is 0.0667. The first-order chi connectivity index (χ1) is 12.2. The maximum atomic E-state index is 13.6. The van der Waals surface area contributed by atoms with E-state index in [4.69, 9.17) is 22.5 Å². The topological polar surface area (TPSA) is 129 Å². The molecule has 1 heterocycles. The molecular formula is C15H14ClFN6O2S. The molecule has 0 fully saturated rings. The quantitative estimate of drug-likeness (QED) is 0.620. The van der Waals surface area contributed by atoms with Gasteiger partial charge in [0.2, 0.25) is 21.9 Å². The van der Waals surface area contributed by atoms with E-state index in [-0.39, 0.29) is 27.4 Å². The zero-order valence-corrected chi connectivity index (χ0v) is 15.0. The molecule has 8 nitrogen and oxygen atoms in total. The monoisotopic (exact) mass is 396 g/mol. The lowest BCUT2D eigenvalue weighted by molar-refractivity contribution is 0.598. The Labute approximate surface area is 153 Å². The van der Waals surface area contributed by atoms with Crippen molar-refractivity contribution in [2.24, 2.45) is 5.14 Å². The van der Waals surface area contributed by atoms with Gasteiger partial charge in [0.25, 0.3) is 0 Å². The number of anilines is 3. The number of rotatable bonds is 4. The molecule has 0 unspecified atom stereocenters. The fourth-order valence-electron chi connectivity index (χ4n) is 2.22. The van der Waals surface area contributed by atoms with E-state index < -0.39 is 15.8 Å². The predicted octanol–water partition coefficient (Wildman–Crippen LogP) is 2.34. The summed E-state index contributed by atoms with van der Waals surface area (Å²) in [6.07, 6.45) is 0. The third kappa shape index (κ3) is 3.47. The summed E-state index contributed by atoms with van der Waals surface area (Å²) < 4.78 is 37.4. The number of nitrogens with one attached hydrogen (secondary N) is 1. The molecule has 3 rings (SSSR count). The number of hydrogen-bond donors (Lipinski definition) is 3. The summed E-state index contributed by atoms with van der Waals surface area (Å²) in [5.41, 5.74) is 7.04. The van der Waals surface area contributed by atoms with Crippen molar-refractivity contribution in [1.82, 2.24) is 14.8 Å². The number of nitrogen functional groups attached to an aromatic ring is 1. The van der Waals surface area contributed by atoms with E-state index in [1.54, 1.807) is 6.92 Å². The number of sulfonamides is 1. The summed E-state index contributed by atoms with van der Waals surface area (Å²) >= 11 is 6.16. The number of aromatic nitrogens is 3. The highest BCUT2D eigenvalue weighted by molar-refractivity contribution is 7.89. The highest BCUT2D eigenvalue weighted by Gasteiger charge is 2.15. The second-order valence-corrected chi connectivity index (χ2v) is 7.34. The molecule has 0 atom stereocenters. The van der Waals surface area contributed by atoms with Crippen molar-refractivity contribution in [3.63, 3.8) is 0 Å². The van der Waals surface area contributed by atoms with Crippen LogP contribution in [0.25, 0.3) is 5.69 Å². The fourth-order valence-corrected chi connectivity index (χ4v) is 2.97. The Morgan fingerprint density at radius 2 is 1.85 bits per heavy atom. The van der Waals surface area contributed by atoms with E-state index >= 15 is 0 Å². The molecule has 0 radical (unpaired) electrons. The average Bonchev–Trinajstić information content (AvgIpc) is 2.93. The van der Waals surface area contributed by atoms with Crippen LogP contribution in [0.2, 0.25) is 5.02 Å². The SMILES string of the molecule is Cc1c(F)ccc(-n2nc(Nc3ccc(S(N)(=O)=O)cc3)nc2N)c1Cl. The van der Waals surface area contributed by atoms with E-state index in [1.165, 1.54) is 41.1 Å². The average molecular weight is 397 g/mol. The lowest BCUT2D eigenvalue weighted by Gasteiger charge is -2.08. The molecule has 3 aromatic rings. The summed E-state index contributed by atoms with van der Waals surface area (Å²) in [5, 5.41) is 12.3. The van der Waals surface area contributed by atoms with Gasteiger partial charge in [-0.1, -0.05) is 11.6 Å². The molecule has 0 aliphatic rings. The molecule has 2 aromatic carbocycles. The van der Waals surface area contributed by atoms with Crippen LogP contribution in [0.3, 0.4) is 0 Å². The van der Waals surface area contributed by atoms with Crippen molar-refractivity contribution in [3.8, 4) is 5.69 Å². The molecule has 0 amide bonds. The first-order valence-electron chi connectivity index (χ1n) is 7.24. The van der Waals surface area contributed by atoms with Crippen LogP contribution >= 0.6 is 11.6 Å². The second kappa shape index (κ2) is 6.56. The van der Waals surface area contributed by atoms with E-state index in [2.05, 4.69) is 15.4 Å². The molecule has 0 aliphatic carbocycles. The van der Waals surface area contributed by atoms with Crippen molar-refractivity contribution in [2.45, 2.75) is 11.8 Å². The highest BCUT2D eigenvalue weighted by Crippen LogP contribution is 2.28. The first-order valence-corrected chi connectivity index (χ1v) is 9.16. The standard InChI is InChI=1S/C15H14ClFN6O2S/c1-8-11(17)6-7-12(13(8)16)23-14(18)21-15(22-23)20-9-2-4-10(5-3-9)26(19,24)25/h2-7H,1H3,(H2,19,24,25)(H3,18,20,21,22). The maximum absolute atomic E-state index is 13.6. The number of nitrogens with two attached hydrogens (primary N) is 2. The largest absolute Gasteiger partial charge is 0.368 e. The van der Waals surface area contributed by atoms with Gasteiger partial charge in [-0.3, -0.25) is 0 Å². The molecule has 11 heteroatoms. The minimum Gasteiger partial charge on any atom is -0.368 e. The first kappa shape index (κ1) is 18.1. The predicted molar refractivity (Wildman–Crippen MR) is 96.6 cm³/mol. The number of hydrogen-bond acceptors (Lipinski definition) is 6. The summed E-state index contributed by atoms with van der Waals surface area (Å²) in [5.74, 6) is -0.240. The number of halogens is 2. The minimum atomic E-state index is -3.77. The van der Waals surface area contributed by atoms with Crippen molar-refractivity contribution in [2.75, 3.05) is 11.1 Å². The highest BCUT2D eigenvalue weighted by atomic mass is 35.5. The molecule has 1 aromatic heterocycles. The number of benzene rings is 2.